The summed E-state index contributed by atoms with van der Waals surface area (Å²) in [5.41, 5.74) is 0. The molecule has 0 aromatic heterocycles. The number of hydrogen-bond acceptors (Lipinski definition) is 19. The van der Waals surface area contributed by atoms with Crippen LogP contribution in [0.15, 0.2) is 32.0 Å². The van der Waals surface area contributed by atoms with Gasteiger partial charge in [0.25, 0.3) is 0 Å². The number of aliphatic hydroxyl groups is 1. The van der Waals surface area contributed by atoms with Gasteiger partial charge in [0, 0.05) is 0 Å². The monoisotopic (exact) mass is 942 g/mol. The molecule has 2 atom stereocenters. The SMILES string of the molecule is CCCCCCCCC(CCCCCC)[C](O)([SbH2])CCCCCCCC.CC[S+](C)C.CC[S+](C)C.O=N[O-].O=N[O-].O=N[O-].O=N[O-].O=N[O-].O=N[O-].[LiH]. The van der Waals surface area contributed by atoms with Crippen LogP contribution in [-0.2, 0) is 21.8 Å². The first-order valence-corrected chi connectivity index (χ1v) is 24.0. The second kappa shape index (κ2) is 84.9. The van der Waals surface area contributed by atoms with E-state index in [0.717, 1.165) is 61.5 Å². The minimum atomic E-state index is -0.314. The Balaban J connectivity index is -0.0000000705. The van der Waals surface area contributed by atoms with E-state index in [1.54, 1.807) is 0 Å². The van der Waals surface area contributed by atoms with Crippen LogP contribution in [0.5, 0.6) is 0 Å². The van der Waals surface area contributed by atoms with Crippen LogP contribution in [-0.4, -0.2) is 87.1 Å². The molecule has 0 amide bonds. The van der Waals surface area contributed by atoms with Crippen LogP contribution < -0.4 is 0 Å². The summed E-state index contributed by atoms with van der Waals surface area (Å²) in [5, 5.41) is 65.2. The zero-order valence-corrected chi connectivity index (χ0v) is 39.3. The van der Waals surface area contributed by atoms with Crippen molar-refractivity contribution in [1.29, 1.82) is 0 Å². The average Bonchev–Trinajstić information content (AvgIpc) is 3.11. The second-order valence-corrected chi connectivity index (χ2v) is 19.6. The molecule has 332 valence electrons. The number of nitrogens with zero attached hydrogens (tertiary/aromatic N) is 6. The molecule has 0 spiro atoms. The molecule has 23 heteroatoms. The van der Waals surface area contributed by atoms with Gasteiger partial charge in [0.05, 0.1) is 25.0 Å². The predicted molar refractivity (Wildman–Crippen MR) is 243 cm³/mol. The van der Waals surface area contributed by atoms with Crippen LogP contribution in [0.4, 0.5) is 0 Å². The fraction of sp³-hybridized carbons (Fsp3) is 1.00. The molecule has 0 aliphatic rings. The molecule has 0 saturated heterocycles. The molecule has 0 aromatic rings. The standard InChI is InChI=1S/C24H49O.2C4H11S.Li.6HNO2.Sb.3H/c1-4-7-10-13-15-18-21-23(20-17-12-9-6-3)24(25)22-19-16-14-11-8-5-2;2*1-4-5(2)3;;6*2-1-3;;;;/h23,25H,4-22H2,1-3H3;2*4H2,1-3H3;;6*(H,2,3);;;;/q;2*+1;;;;;;;;;;;/p-6. The Morgan fingerprint density at radius 1 is 0.473 bits per heavy atom. The first-order valence-electron chi connectivity index (χ1n) is 17.9. The summed E-state index contributed by atoms with van der Waals surface area (Å²) in [4.78, 5) is 48.0. The van der Waals surface area contributed by atoms with E-state index in [0.29, 0.717) is 27.7 Å². The Morgan fingerprint density at radius 2 is 0.655 bits per heavy atom. The molecule has 0 aliphatic heterocycles. The summed E-state index contributed by atoms with van der Waals surface area (Å²) in [7, 11) is 1.35. The van der Waals surface area contributed by atoms with Gasteiger partial charge in [-0.05, 0) is 35.6 Å². The zero-order valence-electron chi connectivity index (χ0n) is 34.3. The van der Waals surface area contributed by atoms with Gasteiger partial charge in [-0.2, -0.15) is 0 Å². The van der Waals surface area contributed by atoms with Gasteiger partial charge >= 0.3 is 199 Å². The Bertz CT molecular complexity index is 639. The van der Waals surface area contributed by atoms with E-state index < -0.39 is 0 Å². The molecular formula is C32H74LiN6O13S2Sb-4. The molecule has 19 nitrogen and oxygen atoms in total. The van der Waals surface area contributed by atoms with Gasteiger partial charge < -0.3 is 60.7 Å². The molecular weight excluding hydrogens is 869 g/mol. The van der Waals surface area contributed by atoms with Crippen molar-refractivity contribution in [2.45, 2.75) is 160 Å². The molecule has 0 fully saturated rings. The number of rotatable bonds is 22. The quantitative estimate of drug-likeness (QED) is 0.0347. The first kappa shape index (κ1) is 77.9. The van der Waals surface area contributed by atoms with Crippen LogP contribution in [0.3, 0.4) is 0 Å². The van der Waals surface area contributed by atoms with Crippen molar-refractivity contribution in [2.24, 2.45) is 38.0 Å². The molecule has 0 radical (unpaired) electrons. The van der Waals surface area contributed by atoms with E-state index in [9.17, 15) is 5.11 Å². The summed E-state index contributed by atoms with van der Waals surface area (Å²) >= 11 is 1.02. The van der Waals surface area contributed by atoms with Gasteiger partial charge in [0.1, 0.15) is 11.5 Å². The molecule has 0 aliphatic carbocycles. The Morgan fingerprint density at radius 3 is 0.873 bits per heavy atom. The van der Waals surface area contributed by atoms with Crippen molar-refractivity contribution in [2.75, 3.05) is 36.5 Å². The molecule has 2 unspecified atom stereocenters. The molecule has 1 N–H and O–H groups in total. The number of hydrogen-bond donors (Lipinski definition) is 1. The summed E-state index contributed by atoms with van der Waals surface area (Å²) in [6, 6.07) is 0. The summed E-state index contributed by atoms with van der Waals surface area (Å²) in [6.07, 6.45) is 34.2. The first-order chi connectivity index (χ1) is 25.6. The third kappa shape index (κ3) is 135. The van der Waals surface area contributed by atoms with Crippen molar-refractivity contribution in [3.05, 3.63) is 60.7 Å². The van der Waals surface area contributed by atoms with E-state index in [4.69, 9.17) is 60.7 Å². The third-order valence-electron chi connectivity index (χ3n) is 7.10. The summed E-state index contributed by atoms with van der Waals surface area (Å²) < 4.78 is -0.314. The Hall–Kier alpha value is -1.52. The van der Waals surface area contributed by atoms with Gasteiger partial charge in [-0.25, -0.2) is 0 Å². The molecule has 55 heavy (non-hydrogen) atoms. The van der Waals surface area contributed by atoms with E-state index >= 15 is 0 Å². The van der Waals surface area contributed by atoms with Crippen LogP contribution in [0.1, 0.15) is 157 Å². The molecule has 0 aromatic carbocycles. The average molecular weight is 944 g/mol. The Labute approximate surface area is 362 Å². The van der Waals surface area contributed by atoms with Gasteiger partial charge in [0.15, 0.2) is 0 Å². The maximum atomic E-state index is 11.2. The Kier molecular flexibility index (Phi) is 120. The molecule has 0 rings (SSSR count). The fourth-order valence-electron chi connectivity index (χ4n) is 4.03. The van der Waals surface area contributed by atoms with Gasteiger partial charge in [-0.1, -0.05) is 0 Å². The van der Waals surface area contributed by atoms with Gasteiger partial charge in [-0.3, -0.25) is 0 Å². The second-order valence-electron chi connectivity index (χ2n) is 11.6. The van der Waals surface area contributed by atoms with Crippen molar-refractivity contribution in [3.63, 3.8) is 0 Å². The van der Waals surface area contributed by atoms with Crippen LogP contribution >= 0.6 is 0 Å². The minimum absolute atomic E-state index is 0. The van der Waals surface area contributed by atoms with Gasteiger partial charge in [-0.15, -0.1) is 32.0 Å². The van der Waals surface area contributed by atoms with Crippen molar-refractivity contribution < 1.29 is 5.11 Å². The normalized spacial score (nSPS) is 10.2. The van der Waals surface area contributed by atoms with E-state index in [2.05, 4.69) is 59.6 Å². The maximum absolute atomic E-state index is 11.2. The molecule has 0 saturated carbocycles. The van der Waals surface area contributed by atoms with Crippen LogP contribution in [0.25, 0.3) is 0 Å². The van der Waals surface area contributed by atoms with E-state index in [1.807, 2.05) is 0 Å². The van der Waals surface area contributed by atoms with E-state index in [1.165, 1.54) is 127 Å². The van der Waals surface area contributed by atoms with Crippen LogP contribution in [0.2, 0.25) is 0 Å². The van der Waals surface area contributed by atoms with Crippen LogP contribution in [0, 0.1) is 66.6 Å². The fourth-order valence-corrected chi connectivity index (χ4v) is 5.56. The molecule has 0 bridgehead atoms. The van der Waals surface area contributed by atoms with Gasteiger partial charge in [0.2, 0.25) is 0 Å². The third-order valence-corrected chi connectivity index (χ3v) is 11.6. The van der Waals surface area contributed by atoms with Crippen molar-refractivity contribution in [3.8, 4) is 0 Å². The molecule has 0 heterocycles. The zero-order chi connectivity index (χ0) is 44.3. The summed E-state index contributed by atoms with van der Waals surface area (Å²) in [5.74, 6) is 3.24. The van der Waals surface area contributed by atoms with Crippen molar-refractivity contribution >= 4 is 63.7 Å². The predicted octanol–water partition coefficient (Wildman–Crippen LogP) is 10.0. The van der Waals surface area contributed by atoms with Crippen molar-refractivity contribution in [1.82, 2.24) is 0 Å². The topological polar surface area (TPSA) is 335 Å². The summed E-state index contributed by atoms with van der Waals surface area (Å²) in [6.45, 7) is 11.3. The number of unbranched alkanes of at least 4 members (excludes halogenated alkanes) is 13. The van der Waals surface area contributed by atoms with E-state index in [-0.39, 0.29) is 22.4 Å².